The van der Waals surface area contributed by atoms with Crippen LogP contribution in [-0.2, 0) is 9.59 Å². The fraction of sp³-hybridized carbons (Fsp3) is 0.500. The molecule has 2 heterocycles. The molecule has 2 N–H and O–H groups in total. The van der Waals surface area contributed by atoms with Crippen LogP contribution in [0.4, 0.5) is 5.69 Å². The number of aromatic nitrogens is 1. The largest absolute Gasteiger partial charge is 0.481 e. The summed E-state index contributed by atoms with van der Waals surface area (Å²) in [6.45, 7) is 2.24. The van der Waals surface area contributed by atoms with Crippen molar-refractivity contribution in [2.75, 3.05) is 25.0 Å². The number of anilines is 1. The van der Waals surface area contributed by atoms with Gasteiger partial charge in [-0.3, -0.25) is 9.59 Å². The summed E-state index contributed by atoms with van der Waals surface area (Å²) in [6.07, 6.45) is 3.58. The highest BCUT2D eigenvalue weighted by molar-refractivity contribution is 6.29. The van der Waals surface area contributed by atoms with Crippen molar-refractivity contribution in [3.63, 3.8) is 0 Å². The number of aliphatic carboxylic acids is 1. The van der Waals surface area contributed by atoms with Gasteiger partial charge in [-0.1, -0.05) is 11.6 Å². The first kappa shape index (κ1) is 15.7. The fourth-order valence-corrected chi connectivity index (χ4v) is 2.50. The number of pyridine rings is 1. The fourth-order valence-electron chi connectivity index (χ4n) is 2.39. The Balaban J connectivity index is 1.88. The second-order valence-corrected chi connectivity index (χ2v) is 5.55. The summed E-state index contributed by atoms with van der Waals surface area (Å²) in [7, 11) is 0. The number of rotatable bonds is 6. The van der Waals surface area contributed by atoms with Gasteiger partial charge < -0.3 is 15.3 Å². The highest BCUT2D eigenvalue weighted by Crippen LogP contribution is 2.15. The van der Waals surface area contributed by atoms with Crippen LogP contribution < -0.4 is 5.32 Å². The average molecular weight is 312 g/mol. The molecule has 1 saturated heterocycles. The van der Waals surface area contributed by atoms with Crippen molar-refractivity contribution >= 4 is 29.2 Å². The lowest BCUT2D eigenvalue weighted by molar-refractivity contribution is -0.144. The number of nitrogens with zero attached hydrogens (tertiary/aromatic N) is 2. The number of carboxylic acids is 1. The zero-order valence-corrected chi connectivity index (χ0v) is 12.3. The third-order valence-electron chi connectivity index (χ3n) is 3.47. The molecular formula is C14H18ClN3O3. The zero-order valence-electron chi connectivity index (χ0n) is 11.6. The lowest BCUT2D eigenvalue weighted by atomic mass is 10.0. The lowest BCUT2D eigenvalue weighted by Gasteiger charge is -2.20. The number of nitrogens with one attached hydrogen (secondary N) is 1. The van der Waals surface area contributed by atoms with Crippen LogP contribution in [0, 0.1) is 5.92 Å². The van der Waals surface area contributed by atoms with E-state index in [2.05, 4.69) is 15.2 Å². The molecule has 114 valence electrons. The van der Waals surface area contributed by atoms with Gasteiger partial charge in [-0.2, -0.15) is 0 Å². The van der Waals surface area contributed by atoms with E-state index in [1.54, 1.807) is 12.1 Å². The molecule has 21 heavy (non-hydrogen) atoms. The van der Waals surface area contributed by atoms with Crippen molar-refractivity contribution in [2.24, 2.45) is 5.92 Å². The highest BCUT2D eigenvalue weighted by Gasteiger charge is 2.25. The monoisotopic (exact) mass is 311 g/mol. The minimum Gasteiger partial charge on any atom is -0.481 e. The maximum Gasteiger partial charge on any atom is 0.308 e. The number of carboxylic acid groups (broad SMARTS) is 1. The van der Waals surface area contributed by atoms with Crippen molar-refractivity contribution in [3.05, 3.63) is 23.5 Å². The van der Waals surface area contributed by atoms with E-state index in [1.165, 1.54) is 6.20 Å². The Kier molecular flexibility index (Phi) is 5.52. The van der Waals surface area contributed by atoms with E-state index in [-0.39, 0.29) is 12.3 Å². The zero-order chi connectivity index (χ0) is 15.2. The molecule has 0 aliphatic carbocycles. The van der Waals surface area contributed by atoms with Crippen LogP contribution in [0.25, 0.3) is 0 Å². The first-order chi connectivity index (χ1) is 10.0. The third kappa shape index (κ3) is 4.99. The molecule has 1 aliphatic heterocycles. The van der Waals surface area contributed by atoms with Crippen LogP contribution in [0.1, 0.15) is 19.3 Å². The summed E-state index contributed by atoms with van der Waals surface area (Å²) in [5.74, 6) is -1.96. The van der Waals surface area contributed by atoms with Gasteiger partial charge in [0.25, 0.3) is 0 Å². The standard InChI is InChI=1S/C14H18ClN3O3/c15-12-4-3-11(8-16-12)17-13(19)7-10(14(20)21)9-18-5-1-2-6-18/h3-4,8,10H,1-2,5-7,9H2,(H,17,19)(H,20,21)/t10-/m0/s1. The van der Waals surface area contributed by atoms with Crippen molar-refractivity contribution in [1.29, 1.82) is 0 Å². The molecule has 1 atom stereocenters. The van der Waals surface area contributed by atoms with Crippen molar-refractivity contribution in [1.82, 2.24) is 9.88 Å². The number of likely N-dealkylation sites (tertiary alicyclic amines) is 1. The van der Waals surface area contributed by atoms with Gasteiger partial charge in [0, 0.05) is 13.0 Å². The first-order valence-electron chi connectivity index (χ1n) is 6.91. The smallest absolute Gasteiger partial charge is 0.308 e. The number of carbonyl (C=O) groups excluding carboxylic acids is 1. The molecule has 2 rings (SSSR count). The predicted molar refractivity (Wildman–Crippen MR) is 79.3 cm³/mol. The van der Waals surface area contributed by atoms with Gasteiger partial charge in [-0.15, -0.1) is 0 Å². The molecule has 7 heteroatoms. The van der Waals surface area contributed by atoms with Gasteiger partial charge in [-0.05, 0) is 38.1 Å². The number of hydrogen-bond donors (Lipinski definition) is 2. The molecule has 0 spiro atoms. The van der Waals surface area contributed by atoms with Crippen molar-refractivity contribution in [2.45, 2.75) is 19.3 Å². The minimum atomic E-state index is -0.939. The van der Waals surface area contributed by atoms with E-state index < -0.39 is 11.9 Å². The lowest BCUT2D eigenvalue weighted by Crippen LogP contribution is -2.33. The van der Waals surface area contributed by atoms with Crippen LogP contribution in [0.5, 0.6) is 0 Å². The van der Waals surface area contributed by atoms with E-state index >= 15 is 0 Å². The molecular weight excluding hydrogens is 294 g/mol. The van der Waals surface area contributed by atoms with Gasteiger partial charge in [-0.25, -0.2) is 4.98 Å². The molecule has 0 unspecified atom stereocenters. The minimum absolute atomic E-state index is 0.0472. The Bertz CT molecular complexity index is 501. The summed E-state index contributed by atoms with van der Waals surface area (Å²) in [5.41, 5.74) is 0.509. The number of amides is 1. The van der Waals surface area contributed by atoms with E-state index in [4.69, 9.17) is 11.6 Å². The molecule has 0 saturated carbocycles. The third-order valence-corrected chi connectivity index (χ3v) is 3.69. The van der Waals surface area contributed by atoms with Crippen LogP contribution >= 0.6 is 11.6 Å². The van der Waals surface area contributed by atoms with E-state index in [1.807, 2.05) is 0 Å². The second-order valence-electron chi connectivity index (χ2n) is 5.16. The topological polar surface area (TPSA) is 82.5 Å². The molecule has 1 aromatic heterocycles. The quantitative estimate of drug-likeness (QED) is 0.784. The molecule has 1 aliphatic rings. The Morgan fingerprint density at radius 2 is 2.10 bits per heavy atom. The Morgan fingerprint density at radius 1 is 1.38 bits per heavy atom. The molecule has 0 bridgehead atoms. The predicted octanol–water partition coefficient (Wildman–Crippen LogP) is 1.86. The maximum atomic E-state index is 11.9. The maximum absolute atomic E-state index is 11.9. The number of halogens is 1. The van der Waals surface area contributed by atoms with E-state index in [0.717, 1.165) is 25.9 Å². The summed E-state index contributed by atoms with van der Waals surface area (Å²) in [5, 5.41) is 12.2. The van der Waals surface area contributed by atoms with E-state index in [9.17, 15) is 14.7 Å². The van der Waals surface area contributed by atoms with Crippen molar-refractivity contribution < 1.29 is 14.7 Å². The second kappa shape index (κ2) is 7.38. The van der Waals surface area contributed by atoms with Crippen LogP contribution in [0.3, 0.4) is 0 Å². The highest BCUT2D eigenvalue weighted by atomic mass is 35.5. The van der Waals surface area contributed by atoms with Crippen LogP contribution in [0.2, 0.25) is 5.15 Å². The Morgan fingerprint density at radius 3 is 2.67 bits per heavy atom. The number of carbonyl (C=O) groups is 2. The summed E-state index contributed by atoms with van der Waals surface area (Å²) in [6, 6.07) is 3.19. The molecule has 0 radical (unpaired) electrons. The SMILES string of the molecule is O=C(C[C@@H](CN1CCCC1)C(=O)O)Nc1ccc(Cl)nc1. The van der Waals surface area contributed by atoms with Gasteiger partial charge >= 0.3 is 5.97 Å². The molecule has 1 fully saturated rings. The van der Waals surface area contributed by atoms with Gasteiger partial charge in [0.2, 0.25) is 5.91 Å². The summed E-state index contributed by atoms with van der Waals surface area (Å²) in [4.78, 5) is 29.2. The van der Waals surface area contributed by atoms with Crippen molar-refractivity contribution in [3.8, 4) is 0 Å². The molecule has 0 aromatic carbocycles. The average Bonchev–Trinajstić information content (AvgIpc) is 2.93. The van der Waals surface area contributed by atoms with E-state index in [0.29, 0.717) is 17.4 Å². The van der Waals surface area contributed by atoms with Crippen LogP contribution in [-0.4, -0.2) is 46.5 Å². The van der Waals surface area contributed by atoms with Crippen LogP contribution in [0.15, 0.2) is 18.3 Å². The van der Waals surface area contributed by atoms with Gasteiger partial charge in [0.05, 0.1) is 17.8 Å². The number of hydrogen-bond acceptors (Lipinski definition) is 4. The first-order valence-corrected chi connectivity index (χ1v) is 7.29. The van der Waals surface area contributed by atoms with Gasteiger partial charge in [0.15, 0.2) is 0 Å². The molecule has 1 aromatic rings. The summed E-state index contributed by atoms with van der Waals surface area (Å²) < 4.78 is 0. The summed E-state index contributed by atoms with van der Waals surface area (Å²) >= 11 is 5.66. The Labute approximate surface area is 128 Å². The van der Waals surface area contributed by atoms with Gasteiger partial charge in [0.1, 0.15) is 5.15 Å². The normalized spacial score (nSPS) is 16.6. The molecule has 1 amide bonds. The molecule has 6 nitrogen and oxygen atoms in total. The Hall–Kier alpha value is -1.66.